The Kier molecular flexibility index (Phi) is 2.93. The van der Waals surface area contributed by atoms with Gasteiger partial charge in [0.25, 0.3) is 0 Å². The van der Waals surface area contributed by atoms with Crippen LogP contribution in [0.3, 0.4) is 0 Å². The zero-order chi connectivity index (χ0) is 11.7. The van der Waals surface area contributed by atoms with E-state index < -0.39 is 0 Å². The zero-order valence-corrected chi connectivity index (χ0v) is 10.2. The largest absolute Gasteiger partial charge is 0.497 e. The average molecular weight is 233 g/mol. The maximum absolute atomic E-state index is 5.73. The van der Waals surface area contributed by atoms with Gasteiger partial charge in [0.2, 0.25) is 0 Å². The molecule has 1 fully saturated rings. The van der Waals surface area contributed by atoms with Crippen LogP contribution in [-0.4, -0.2) is 26.3 Å². The molecule has 0 aliphatic carbocycles. The van der Waals surface area contributed by atoms with Crippen LogP contribution < -0.4 is 14.8 Å². The van der Waals surface area contributed by atoms with Crippen molar-refractivity contribution in [1.82, 2.24) is 5.32 Å². The van der Waals surface area contributed by atoms with E-state index in [1.54, 1.807) is 7.11 Å². The van der Waals surface area contributed by atoms with E-state index in [1.807, 2.05) is 12.1 Å². The second kappa shape index (κ2) is 4.57. The number of methoxy groups -OCH3 is 1. The molecule has 3 rings (SSSR count). The Labute approximate surface area is 102 Å². The van der Waals surface area contributed by atoms with Crippen molar-refractivity contribution in [3.05, 3.63) is 23.8 Å². The Balaban J connectivity index is 1.93. The summed E-state index contributed by atoms with van der Waals surface area (Å²) >= 11 is 0. The predicted molar refractivity (Wildman–Crippen MR) is 66.9 cm³/mol. The Morgan fingerprint density at radius 3 is 3.06 bits per heavy atom. The first-order chi connectivity index (χ1) is 8.38. The summed E-state index contributed by atoms with van der Waals surface area (Å²) in [5.41, 5.74) is 1.31. The van der Waals surface area contributed by atoms with E-state index in [-0.39, 0.29) is 0 Å². The van der Waals surface area contributed by atoms with Gasteiger partial charge in [-0.3, -0.25) is 0 Å². The minimum absolute atomic E-state index is 0.580. The summed E-state index contributed by atoms with van der Waals surface area (Å²) in [4.78, 5) is 0. The van der Waals surface area contributed by atoms with Gasteiger partial charge in [-0.1, -0.05) is 0 Å². The Bertz CT molecular complexity index is 399. The molecule has 2 aliphatic heterocycles. The normalized spacial score (nSPS) is 27.4. The SMILES string of the molecule is COc1ccc2c(c1)C(C1CCCN1)CCO2. The van der Waals surface area contributed by atoms with E-state index in [2.05, 4.69) is 11.4 Å². The third-order valence-corrected chi connectivity index (χ3v) is 3.89. The van der Waals surface area contributed by atoms with Crippen LogP contribution in [0.2, 0.25) is 0 Å². The summed E-state index contributed by atoms with van der Waals surface area (Å²) in [6.07, 6.45) is 3.68. The van der Waals surface area contributed by atoms with Gasteiger partial charge in [-0.25, -0.2) is 0 Å². The van der Waals surface area contributed by atoms with E-state index in [4.69, 9.17) is 9.47 Å². The van der Waals surface area contributed by atoms with Crippen LogP contribution in [-0.2, 0) is 0 Å². The fourth-order valence-electron chi connectivity index (χ4n) is 3.00. The summed E-state index contributed by atoms with van der Waals surface area (Å²) in [6, 6.07) is 6.77. The highest BCUT2D eigenvalue weighted by molar-refractivity contribution is 5.44. The smallest absolute Gasteiger partial charge is 0.123 e. The van der Waals surface area contributed by atoms with Gasteiger partial charge >= 0.3 is 0 Å². The van der Waals surface area contributed by atoms with E-state index >= 15 is 0 Å². The molecule has 3 heteroatoms. The molecule has 2 unspecified atom stereocenters. The minimum atomic E-state index is 0.580. The standard InChI is InChI=1S/C14H19NO2/c1-16-10-4-5-14-12(9-10)11(6-8-17-14)13-3-2-7-15-13/h4-5,9,11,13,15H,2-3,6-8H2,1H3. The van der Waals surface area contributed by atoms with E-state index in [9.17, 15) is 0 Å². The first-order valence-electron chi connectivity index (χ1n) is 6.42. The molecule has 2 aliphatic rings. The summed E-state index contributed by atoms with van der Waals surface area (Å²) < 4.78 is 11.0. The Morgan fingerprint density at radius 2 is 2.29 bits per heavy atom. The molecular weight excluding hydrogens is 214 g/mol. The first kappa shape index (κ1) is 10.9. The van der Waals surface area contributed by atoms with Crippen LogP contribution in [0.15, 0.2) is 18.2 Å². The summed E-state index contributed by atoms with van der Waals surface area (Å²) in [7, 11) is 1.72. The molecular formula is C14H19NO2. The number of benzene rings is 1. The third-order valence-electron chi connectivity index (χ3n) is 3.89. The monoisotopic (exact) mass is 233 g/mol. The van der Waals surface area contributed by atoms with Crippen molar-refractivity contribution in [2.75, 3.05) is 20.3 Å². The van der Waals surface area contributed by atoms with Crippen LogP contribution in [0, 0.1) is 0 Å². The molecule has 0 bridgehead atoms. The van der Waals surface area contributed by atoms with Gasteiger partial charge in [-0.15, -0.1) is 0 Å². The third kappa shape index (κ3) is 2.00. The summed E-state index contributed by atoms with van der Waals surface area (Å²) in [5.74, 6) is 2.55. The van der Waals surface area contributed by atoms with E-state index in [0.29, 0.717) is 12.0 Å². The molecule has 0 spiro atoms. The van der Waals surface area contributed by atoms with Gasteiger partial charge in [0.15, 0.2) is 0 Å². The molecule has 1 N–H and O–H groups in total. The number of hydrogen-bond acceptors (Lipinski definition) is 3. The molecule has 3 nitrogen and oxygen atoms in total. The molecule has 17 heavy (non-hydrogen) atoms. The predicted octanol–water partition coefficient (Wildman–Crippen LogP) is 2.31. The number of fused-ring (bicyclic) bond motifs is 1. The second-order valence-electron chi connectivity index (χ2n) is 4.85. The van der Waals surface area contributed by atoms with Crippen molar-refractivity contribution in [3.63, 3.8) is 0 Å². The van der Waals surface area contributed by atoms with Crippen LogP contribution in [0.1, 0.15) is 30.7 Å². The van der Waals surface area contributed by atoms with Crippen LogP contribution in [0.4, 0.5) is 0 Å². The number of ether oxygens (including phenoxy) is 2. The zero-order valence-electron chi connectivity index (χ0n) is 10.2. The molecule has 0 saturated carbocycles. The van der Waals surface area contributed by atoms with Crippen molar-refractivity contribution < 1.29 is 9.47 Å². The topological polar surface area (TPSA) is 30.5 Å². The lowest BCUT2D eigenvalue weighted by Crippen LogP contribution is -2.32. The number of rotatable bonds is 2. The van der Waals surface area contributed by atoms with Gasteiger partial charge in [-0.2, -0.15) is 0 Å². The molecule has 1 aromatic rings. The maximum atomic E-state index is 5.73. The fraction of sp³-hybridized carbons (Fsp3) is 0.571. The second-order valence-corrected chi connectivity index (χ2v) is 4.85. The Morgan fingerprint density at radius 1 is 1.35 bits per heavy atom. The van der Waals surface area contributed by atoms with E-state index in [1.165, 1.54) is 18.4 Å². The van der Waals surface area contributed by atoms with Crippen molar-refractivity contribution in [1.29, 1.82) is 0 Å². The van der Waals surface area contributed by atoms with Crippen molar-refractivity contribution in [2.45, 2.75) is 31.2 Å². The van der Waals surface area contributed by atoms with Gasteiger partial charge in [0.1, 0.15) is 11.5 Å². The van der Waals surface area contributed by atoms with Crippen molar-refractivity contribution >= 4 is 0 Å². The molecule has 92 valence electrons. The summed E-state index contributed by atoms with van der Waals surface area (Å²) in [6.45, 7) is 1.99. The van der Waals surface area contributed by atoms with Gasteiger partial charge < -0.3 is 14.8 Å². The lowest BCUT2D eigenvalue weighted by molar-refractivity contribution is 0.249. The molecule has 1 aromatic carbocycles. The van der Waals surface area contributed by atoms with Gasteiger partial charge in [-0.05, 0) is 44.0 Å². The highest BCUT2D eigenvalue weighted by atomic mass is 16.5. The first-order valence-corrected chi connectivity index (χ1v) is 6.42. The molecule has 0 aromatic heterocycles. The number of nitrogens with one attached hydrogen (secondary N) is 1. The van der Waals surface area contributed by atoms with Crippen molar-refractivity contribution in [2.24, 2.45) is 0 Å². The molecule has 1 saturated heterocycles. The molecule has 2 atom stereocenters. The minimum Gasteiger partial charge on any atom is -0.497 e. The van der Waals surface area contributed by atoms with Gasteiger partial charge in [0.05, 0.1) is 13.7 Å². The highest BCUT2D eigenvalue weighted by Crippen LogP contribution is 2.39. The highest BCUT2D eigenvalue weighted by Gasteiger charge is 2.30. The van der Waals surface area contributed by atoms with Crippen LogP contribution in [0.25, 0.3) is 0 Å². The molecule has 2 heterocycles. The Hall–Kier alpha value is -1.22. The quantitative estimate of drug-likeness (QED) is 0.850. The summed E-state index contributed by atoms with van der Waals surface area (Å²) in [5, 5.41) is 3.61. The molecule has 0 radical (unpaired) electrons. The van der Waals surface area contributed by atoms with Crippen molar-refractivity contribution in [3.8, 4) is 11.5 Å². The maximum Gasteiger partial charge on any atom is 0.123 e. The number of hydrogen-bond donors (Lipinski definition) is 1. The molecule has 0 amide bonds. The van der Waals surface area contributed by atoms with Crippen LogP contribution in [0.5, 0.6) is 11.5 Å². The average Bonchev–Trinajstić information content (AvgIpc) is 2.91. The lowest BCUT2D eigenvalue weighted by atomic mass is 9.86. The fourth-order valence-corrected chi connectivity index (χ4v) is 3.00. The lowest BCUT2D eigenvalue weighted by Gasteiger charge is -2.30. The van der Waals surface area contributed by atoms with Gasteiger partial charge in [0, 0.05) is 17.5 Å². The van der Waals surface area contributed by atoms with E-state index in [0.717, 1.165) is 31.1 Å². The van der Waals surface area contributed by atoms with Crippen LogP contribution >= 0.6 is 0 Å².